The van der Waals surface area contributed by atoms with Crippen LogP contribution >= 0.6 is 11.3 Å². The monoisotopic (exact) mass is 293 g/mol. The highest BCUT2D eigenvalue weighted by Gasteiger charge is 2.22. The van der Waals surface area contributed by atoms with Gasteiger partial charge in [0.25, 0.3) is 0 Å². The van der Waals surface area contributed by atoms with Gasteiger partial charge in [-0.05, 0) is 18.4 Å². The van der Waals surface area contributed by atoms with Gasteiger partial charge in [-0.2, -0.15) is 0 Å². The van der Waals surface area contributed by atoms with E-state index in [-0.39, 0.29) is 5.91 Å². The highest BCUT2D eigenvalue weighted by atomic mass is 32.1. The van der Waals surface area contributed by atoms with Crippen LogP contribution in [0.3, 0.4) is 0 Å². The number of nitrogens with zero attached hydrogens (tertiary/aromatic N) is 2. The molecular weight excluding hydrogens is 270 g/mol. The van der Waals surface area contributed by atoms with Gasteiger partial charge in [-0.25, -0.2) is 0 Å². The van der Waals surface area contributed by atoms with Crippen molar-refractivity contribution in [2.75, 3.05) is 32.7 Å². The molecule has 1 aromatic heterocycles. The maximum absolute atomic E-state index is 12.5. The minimum atomic E-state index is 0.187. The number of hydrogen-bond acceptors (Lipinski definition) is 4. The zero-order valence-corrected chi connectivity index (χ0v) is 12.9. The number of carbonyl (C=O) groups is 1. The van der Waals surface area contributed by atoms with Crippen LogP contribution in [-0.4, -0.2) is 54.5 Å². The van der Waals surface area contributed by atoms with Crippen molar-refractivity contribution in [2.45, 2.75) is 19.5 Å². The summed E-state index contributed by atoms with van der Waals surface area (Å²) in [6.07, 6.45) is 1.80. The van der Waals surface area contributed by atoms with E-state index in [1.165, 1.54) is 4.88 Å². The summed E-state index contributed by atoms with van der Waals surface area (Å²) in [4.78, 5) is 17.8. The van der Waals surface area contributed by atoms with Crippen LogP contribution < -0.4 is 5.32 Å². The Hall–Kier alpha value is -1.17. The van der Waals surface area contributed by atoms with Gasteiger partial charge < -0.3 is 10.2 Å². The average Bonchev–Trinajstić information content (AvgIpc) is 2.94. The zero-order valence-electron chi connectivity index (χ0n) is 12.0. The minimum Gasteiger partial charge on any atom is -0.333 e. The molecule has 1 aromatic rings. The molecular formula is C15H23N3OS. The van der Waals surface area contributed by atoms with Gasteiger partial charge in [-0.1, -0.05) is 12.1 Å². The number of nitrogens with one attached hydrogen (secondary N) is 1. The summed E-state index contributed by atoms with van der Waals surface area (Å²) < 4.78 is 0. The van der Waals surface area contributed by atoms with Gasteiger partial charge in [0.2, 0.25) is 5.91 Å². The summed E-state index contributed by atoms with van der Waals surface area (Å²) in [6.45, 7) is 10.6. The topological polar surface area (TPSA) is 35.6 Å². The Kier molecular flexibility index (Phi) is 5.76. The number of carbonyl (C=O) groups excluding carboxylic acids is 1. The van der Waals surface area contributed by atoms with Crippen LogP contribution in [0.1, 0.15) is 11.8 Å². The fourth-order valence-electron chi connectivity index (χ4n) is 2.39. The second kappa shape index (κ2) is 7.57. The zero-order chi connectivity index (χ0) is 14.4. The van der Waals surface area contributed by atoms with Crippen molar-refractivity contribution in [1.29, 1.82) is 0 Å². The van der Waals surface area contributed by atoms with Gasteiger partial charge in [0.15, 0.2) is 0 Å². The van der Waals surface area contributed by atoms with Crippen molar-refractivity contribution < 1.29 is 4.79 Å². The molecule has 1 saturated heterocycles. The van der Waals surface area contributed by atoms with Crippen molar-refractivity contribution in [1.82, 2.24) is 15.1 Å². The smallest absolute Gasteiger partial charge is 0.237 e. The number of thiophene rings is 1. The molecule has 0 aromatic carbocycles. The quantitative estimate of drug-likeness (QED) is 0.809. The predicted molar refractivity (Wildman–Crippen MR) is 83.8 cm³/mol. The summed E-state index contributed by atoms with van der Waals surface area (Å²) >= 11 is 1.69. The Morgan fingerprint density at radius 2 is 2.55 bits per heavy atom. The molecule has 1 atom stereocenters. The lowest BCUT2D eigenvalue weighted by atomic mass is 10.2. The third-order valence-electron chi connectivity index (χ3n) is 3.61. The third kappa shape index (κ3) is 4.16. The molecule has 5 heteroatoms. The van der Waals surface area contributed by atoms with Gasteiger partial charge in [0.05, 0.1) is 13.1 Å². The second-order valence-corrected chi connectivity index (χ2v) is 6.20. The highest BCUT2D eigenvalue weighted by Crippen LogP contribution is 2.13. The average molecular weight is 293 g/mol. The van der Waals surface area contributed by atoms with Crippen molar-refractivity contribution in [3.05, 3.63) is 35.0 Å². The van der Waals surface area contributed by atoms with Crippen molar-refractivity contribution in [3.8, 4) is 0 Å². The maximum Gasteiger partial charge on any atom is 0.237 e. The molecule has 2 heterocycles. The van der Waals surface area contributed by atoms with Gasteiger partial charge in [-0.15, -0.1) is 17.9 Å². The standard InChI is InChI=1S/C15H23N3OS/c1-3-7-18(11-14-5-4-9-20-14)15(19)12-17-8-6-16-10-13(17)2/h3-5,9,13,16H,1,6-8,10-12H2,2H3. The molecule has 4 nitrogen and oxygen atoms in total. The Labute approximate surface area is 125 Å². The molecule has 0 radical (unpaired) electrons. The predicted octanol–water partition coefficient (Wildman–Crippen LogP) is 1.56. The van der Waals surface area contributed by atoms with Crippen LogP contribution in [0.5, 0.6) is 0 Å². The SMILES string of the molecule is C=CCN(Cc1cccs1)C(=O)CN1CCNCC1C. The van der Waals surface area contributed by atoms with Gasteiger partial charge in [0, 0.05) is 37.1 Å². The maximum atomic E-state index is 12.5. The van der Waals surface area contributed by atoms with E-state index < -0.39 is 0 Å². The minimum absolute atomic E-state index is 0.187. The highest BCUT2D eigenvalue weighted by molar-refractivity contribution is 7.09. The van der Waals surface area contributed by atoms with Gasteiger partial charge >= 0.3 is 0 Å². The second-order valence-electron chi connectivity index (χ2n) is 5.17. The lowest BCUT2D eigenvalue weighted by molar-refractivity contribution is -0.133. The lowest BCUT2D eigenvalue weighted by Crippen LogP contribution is -2.53. The first-order valence-corrected chi connectivity index (χ1v) is 7.94. The van der Waals surface area contributed by atoms with Crippen LogP contribution in [0.25, 0.3) is 0 Å². The molecule has 110 valence electrons. The largest absolute Gasteiger partial charge is 0.333 e. The molecule has 1 amide bonds. The summed E-state index contributed by atoms with van der Waals surface area (Å²) in [5.74, 6) is 0.187. The number of hydrogen-bond donors (Lipinski definition) is 1. The third-order valence-corrected chi connectivity index (χ3v) is 4.47. The van der Waals surface area contributed by atoms with Crippen LogP contribution in [0, 0.1) is 0 Å². The first kappa shape index (κ1) is 15.2. The van der Waals surface area contributed by atoms with Crippen molar-refractivity contribution >= 4 is 17.2 Å². The van der Waals surface area contributed by atoms with E-state index in [0.29, 0.717) is 25.7 Å². The van der Waals surface area contributed by atoms with Crippen LogP contribution in [-0.2, 0) is 11.3 Å². The van der Waals surface area contributed by atoms with E-state index >= 15 is 0 Å². The summed E-state index contributed by atoms with van der Waals surface area (Å²) in [7, 11) is 0. The molecule has 0 saturated carbocycles. The Bertz CT molecular complexity index is 432. The Balaban J connectivity index is 1.93. The Morgan fingerprint density at radius 1 is 1.70 bits per heavy atom. The van der Waals surface area contributed by atoms with E-state index in [1.54, 1.807) is 17.4 Å². The van der Waals surface area contributed by atoms with E-state index in [1.807, 2.05) is 16.3 Å². The number of amides is 1. The molecule has 1 aliphatic rings. The van der Waals surface area contributed by atoms with Crippen LogP contribution in [0.4, 0.5) is 0 Å². The fraction of sp³-hybridized carbons (Fsp3) is 0.533. The summed E-state index contributed by atoms with van der Waals surface area (Å²) in [5.41, 5.74) is 0. The molecule has 1 unspecified atom stereocenters. The van der Waals surface area contributed by atoms with Crippen molar-refractivity contribution in [2.24, 2.45) is 0 Å². The number of rotatable bonds is 6. The summed E-state index contributed by atoms with van der Waals surface area (Å²) in [5, 5.41) is 5.39. The Morgan fingerprint density at radius 3 is 3.20 bits per heavy atom. The van der Waals surface area contributed by atoms with Gasteiger partial charge in [-0.3, -0.25) is 9.69 Å². The lowest BCUT2D eigenvalue weighted by Gasteiger charge is -2.34. The molecule has 0 spiro atoms. The van der Waals surface area contributed by atoms with Crippen LogP contribution in [0.15, 0.2) is 30.2 Å². The van der Waals surface area contributed by atoms with Crippen LogP contribution in [0.2, 0.25) is 0 Å². The summed E-state index contributed by atoms with van der Waals surface area (Å²) in [6, 6.07) is 4.51. The molecule has 2 rings (SSSR count). The first-order valence-electron chi connectivity index (χ1n) is 7.06. The molecule has 1 fully saturated rings. The van der Waals surface area contributed by atoms with Crippen molar-refractivity contribution in [3.63, 3.8) is 0 Å². The van der Waals surface area contributed by atoms with E-state index in [4.69, 9.17) is 0 Å². The molecule has 0 aliphatic carbocycles. The molecule has 1 aliphatic heterocycles. The van der Waals surface area contributed by atoms with E-state index in [2.05, 4.69) is 29.8 Å². The first-order chi connectivity index (χ1) is 9.70. The normalized spacial score (nSPS) is 19.8. The molecule has 20 heavy (non-hydrogen) atoms. The van der Waals surface area contributed by atoms with Gasteiger partial charge in [0.1, 0.15) is 0 Å². The van der Waals surface area contributed by atoms with E-state index in [0.717, 1.165) is 19.6 Å². The number of piperazine rings is 1. The molecule has 0 bridgehead atoms. The molecule has 1 N–H and O–H groups in total. The van der Waals surface area contributed by atoms with E-state index in [9.17, 15) is 4.79 Å². The fourth-order valence-corrected chi connectivity index (χ4v) is 3.11.